The summed E-state index contributed by atoms with van der Waals surface area (Å²) < 4.78 is 1.69. The molecule has 1 N–H and O–H groups in total. The molecule has 80 valence electrons. The number of nitrogens with zero attached hydrogens (tertiary/aromatic N) is 3. The Hall–Kier alpha value is -1.65. The monoisotopic (exact) mass is 206 g/mol. The molecule has 0 atom stereocenters. The Balaban J connectivity index is 1.75. The highest BCUT2D eigenvalue weighted by atomic mass is 16.1. The molecule has 0 amide bonds. The van der Waals surface area contributed by atoms with Gasteiger partial charge in [-0.3, -0.25) is 9.48 Å². The maximum Gasteiger partial charge on any atom is 0.157 e. The van der Waals surface area contributed by atoms with Crippen LogP contribution in [0, 0.1) is 0 Å². The standard InChI is InChI=1S/C10H14N4O/c1-14-7-12-10(13-14)4-5-11-8-2-3-9(15)6-8/h6-7,11H,2-5H2,1H3. The van der Waals surface area contributed by atoms with Gasteiger partial charge in [0.15, 0.2) is 11.6 Å². The van der Waals surface area contributed by atoms with Crippen molar-refractivity contribution in [2.45, 2.75) is 19.3 Å². The molecule has 1 aliphatic carbocycles. The predicted molar refractivity (Wildman–Crippen MR) is 55.0 cm³/mol. The molecule has 2 rings (SSSR count). The summed E-state index contributed by atoms with van der Waals surface area (Å²) in [7, 11) is 1.85. The van der Waals surface area contributed by atoms with Gasteiger partial charge in [-0.15, -0.1) is 0 Å². The van der Waals surface area contributed by atoms with Crippen molar-refractivity contribution < 1.29 is 4.79 Å². The first-order valence-electron chi connectivity index (χ1n) is 5.06. The molecule has 0 unspecified atom stereocenters. The molecule has 0 aliphatic heterocycles. The van der Waals surface area contributed by atoms with Crippen LogP contribution in [0.15, 0.2) is 18.1 Å². The zero-order valence-corrected chi connectivity index (χ0v) is 8.73. The Labute approximate surface area is 88.2 Å². The molecule has 1 aromatic heterocycles. The Kier molecular flexibility index (Phi) is 2.80. The van der Waals surface area contributed by atoms with E-state index in [9.17, 15) is 4.79 Å². The molecule has 0 fully saturated rings. The normalized spacial score (nSPS) is 15.5. The molecule has 1 aromatic rings. The molecular weight excluding hydrogens is 192 g/mol. The Morgan fingerprint density at radius 1 is 1.53 bits per heavy atom. The molecule has 0 saturated heterocycles. The number of nitrogens with one attached hydrogen (secondary N) is 1. The van der Waals surface area contributed by atoms with Crippen molar-refractivity contribution in [3.63, 3.8) is 0 Å². The molecule has 0 aromatic carbocycles. The summed E-state index contributed by atoms with van der Waals surface area (Å²) in [6, 6.07) is 0. The van der Waals surface area contributed by atoms with Crippen LogP contribution in [0.4, 0.5) is 0 Å². The van der Waals surface area contributed by atoms with Gasteiger partial charge in [-0.2, -0.15) is 5.10 Å². The largest absolute Gasteiger partial charge is 0.388 e. The number of allylic oxidation sites excluding steroid dienone is 2. The molecule has 15 heavy (non-hydrogen) atoms. The molecule has 5 nitrogen and oxygen atoms in total. The van der Waals surface area contributed by atoms with Crippen molar-refractivity contribution in [2.75, 3.05) is 6.54 Å². The quantitative estimate of drug-likeness (QED) is 0.764. The summed E-state index contributed by atoms with van der Waals surface area (Å²) in [5.41, 5.74) is 1.04. The number of aromatic nitrogens is 3. The minimum Gasteiger partial charge on any atom is -0.388 e. The van der Waals surface area contributed by atoms with E-state index >= 15 is 0 Å². The maximum absolute atomic E-state index is 10.9. The Morgan fingerprint density at radius 3 is 3.00 bits per heavy atom. The molecule has 0 bridgehead atoms. The van der Waals surface area contributed by atoms with Crippen molar-refractivity contribution in [1.29, 1.82) is 0 Å². The van der Waals surface area contributed by atoms with Crippen molar-refractivity contribution in [3.05, 3.63) is 23.9 Å². The third kappa shape index (κ3) is 2.65. The molecule has 0 spiro atoms. The Morgan fingerprint density at radius 2 is 2.40 bits per heavy atom. The van der Waals surface area contributed by atoms with Gasteiger partial charge in [-0.25, -0.2) is 4.98 Å². The van der Waals surface area contributed by atoms with Gasteiger partial charge in [0.2, 0.25) is 0 Å². The van der Waals surface area contributed by atoms with Gasteiger partial charge in [0, 0.05) is 38.2 Å². The van der Waals surface area contributed by atoms with Crippen molar-refractivity contribution in [2.24, 2.45) is 7.05 Å². The second-order valence-corrected chi connectivity index (χ2v) is 3.65. The van der Waals surface area contributed by atoms with Crippen LogP contribution >= 0.6 is 0 Å². The lowest BCUT2D eigenvalue weighted by molar-refractivity contribution is -0.114. The van der Waals surface area contributed by atoms with Gasteiger partial charge in [0.25, 0.3) is 0 Å². The number of hydrogen-bond acceptors (Lipinski definition) is 4. The lowest BCUT2D eigenvalue weighted by Gasteiger charge is -2.03. The topological polar surface area (TPSA) is 59.8 Å². The fraction of sp³-hybridized carbons (Fsp3) is 0.500. The minimum atomic E-state index is 0.216. The lowest BCUT2D eigenvalue weighted by atomic mass is 10.3. The zero-order chi connectivity index (χ0) is 10.7. The third-order valence-electron chi connectivity index (χ3n) is 2.32. The summed E-state index contributed by atoms with van der Waals surface area (Å²) >= 11 is 0. The highest BCUT2D eigenvalue weighted by Gasteiger charge is 2.10. The van der Waals surface area contributed by atoms with Gasteiger partial charge in [0.05, 0.1) is 0 Å². The van der Waals surface area contributed by atoms with Crippen LogP contribution in [0.5, 0.6) is 0 Å². The summed E-state index contributed by atoms with van der Waals surface area (Å²) in [4.78, 5) is 15.1. The van der Waals surface area contributed by atoms with E-state index in [4.69, 9.17) is 0 Å². The zero-order valence-electron chi connectivity index (χ0n) is 8.73. The number of rotatable bonds is 4. The average molecular weight is 206 g/mol. The summed E-state index contributed by atoms with van der Waals surface area (Å²) in [6.07, 6.45) is 5.64. The van der Waals surface area contributed by atoms with E-state index in [1.165, 1.54) is 0 Å². The minimum absolute atomic E-state index is 0.216. The molecule has 0 saturated carbocycles. The molecular formula is C10H14N4O. The van der Waals surface area contributed by atoms with E-state index in [-0.39, 0.29) is 5.78 Å². The van der Waals surface area contributed by atoms with Crippen LogP contribution in [0.1, 0.15) is 18.7 Å². The number of hydrogen-bond donors (Lipinski definition) is 1. The predicted octanol–water partition coefficient (Wildman–Crippen LogP) is 0.194. The van der Waals surface area contributed by atoms with E-state index in [2.05, 4.69) is 15.4 Å². The third-order valence-corrected chi connectivity index (χ3v) is 2.32. The van der Waals surface area contributed by atoms with Crippen LogP contribution in [0.25, 0.3) is 0 Å². The van der Waals surface area contributed by atoms with Gasteiger partial charge >= 0.3 is 0 Å². The number of carbonyl (C=O) groups excluding carboxylic acids is 1. The molecule has 0 radical (unpaired) electrons. The van der Waals surface area contributed by atoms with Gasteiger partial charge < -0.3 is 5.32 Å². The summed E-state index contributed by atoms with van der Waals surface area (Å²) in [5, 5.41) is 7.39. The molecule has 1 heterocycles. The van der Waals surface area contributed by atoms with Crippen LogP contribution in [-0.4, -0.2) is 27.1 Å². The van der Waals surface area contributed by atoms with Crippen LogP contribution < -0.4 is 5.32 Å². The van der Waals surface area contributed by atoms with Gasteiger partial charge in [-0.05, 0) is 6.42 Å². The van der Waals surface area contributed by atoms with Crippen LogP contribution in [0.3, 0.4) is 0 Å². The number of carbonyl (C=O) groups is 1. The van der Waals surface area contributed by atoms with Crippen molar-refractivity contribution >= 4 is 5.78 Å². The smallest absolute Gasteiger partial charge is 0.157 e. The van der Waals surface area contributed by atoms with Gasteiger partial charge in [0.1, 0.15) is 6.33 Å². The molecule has 5 heteroatoms. The van der Waals surface area contributed by atoms with Crippen molar-refractivity contribution in [1.82, 2.24) is 20.1 Å². The van der Waals surface area contributed by atoms with E-state index in [1.807, 2.05) is 7.05 Å². The van der Waals surface area contributed by atoms with Gasteiger partial charge in [-0.1, -0.05) is 0 Å². The average Bonchev–Trinajstić information content (AvgIpc) is 2.76. The van der Waals surface area contributed by atoms with E-state index in [0.29, 0.717) is 6.42 Å². The van der Waals surface area contributed by atoms with E-state index in [0.717, 1.165) is 30.9 Å². The van der Waals surface area contributed by atoms with E-state index < -0.39 is 0 Å². The number of aryl methyl sites for hydroxylation is 1. The highest BCUT2D eigenvalue weighted by molar-refractivity contribution is 5.92. The first-order valence-corrected chi connectivity index (χ1v) is 5.06. The summed E-state index contributed by atoms with van der Waals surface area (Å²) in [6.45, 7) is 0.781. The first kappa shape index (κ1) is 9.89. The second-order valence-electron chi connectivity index (χ2n) is 3.65. The second kappa shape index (κ2) is 4.25. The highest BCUT2D eigenvalue weighted by Crippen LogP contribution is 2.11. The Bertz CT molecular complexity index is 394. The maximum atomic E-state index is 10.9. The number of ketones is 1. The first-order chi connectivity index (χ1) is 7.24. The van der Waals surface area contributed by atoms with Crippen LogP contribution in [-0.2, 0) is 18.3 Å². The molecule has 1 aliphatic rings. The fourth-order valence-corrected chi connectivity index (χ4v) is 1.57. The van der Waals surface area contributed by atoms with Crippen LogP contribution in [0.2, 0.25) is 0 Å². The SMILES string of the molecule is Cn1cnc(CCNC2=CC(=O)CC2)n1. The van der Waals surface area contributed by atoms with E-state index in [1.54, 1.807) is 17.1 Å². The summed E-state index contributed by atoms with van der Waals surface area (Å²) in [5.74, 6) is 1.04. The lowest BCUT2D eigenvalue weighted by Crippen LogP contribution is -2.16. The van der Waals surface area contributed by atoms with Crippen molar-refractivity contribution in [3.8, 4) is 0 Å². The fourth-order valence-electron chi connectivity index (χ4n) is 1.57.